The van der Waals surface area contributed by atoms with Gasteiger partial charge in [-0.25, -0.2) is 0 Å². The van der Waals surface area contributed by atoms with Crippen LogP contribution in [0.5, 0.6) is 0 Å². The van der Waals surface area contributed by atoms with Gasteiger partial charge in [0, 0.05) is 5.54 Å². The Morgan fingerprint density at radius 3 is 2.92 bits per heavy atom. The average Bonchev–Trinajstić information content (AvgIpc) is 2.15. The Labute approximate surface area is 74.1 Å². The number of hydrogen-bond donors (Lipinski definition) is 1. The standard InChI is InChI=1S/C9H17N3/c1-12-7-2-3-9(11,4-6-10)5-8-12/h2-5,7-8,11H2,1H3. The zero-order valence-corrected chi connectivity index (χ0v) is 7.71. The summed E-state index contributed by atoms with van der Waals surface area (Å²) in [5, 5.41) is 8.60. The number of likely N-dealkylation sites (tertiary alicyclic amines) is 1. The molecule has 0 saturated carbocycles. The maximum Gasteiger partial charge on any atom is 0.0641 e. The molecule has 68 valence electrons. The predicted molar refractivity (Wildman–Crippen MR) is 48.5 cm³/mol. The van der Waals surface area contributed by atoms with Crippen LogP contribution in [0.2, 0.25) is 0 Å². The van der Waals surface area contributed by atoms with E-state index in [1.54, 1.807) is 0 Å². The Bertz CT molecular complexity index is 185. The van der Waals surface area contributed by atoms with Crippen LogP contribution >= 0.6 is 0 Å². The Balaban J connectivity index is 2.50. The van der Waals surface area contributed by atoms with Gasteiger partial charge < -0.3 is 10.6 Å². The average molecular weight is 167 g/mol. The normalized spacial score (nSPS) is 32.4. The third-order valence-electron chi connectivity index (χ3n) is 2.64. The molecule has 0 aromatic rings. The quantitative estimate of drug-likeness (QED) is 0.626. The molecule has 1 heterocycles. The van der Waals surface area contributed by atoms with Crippen molar-refractivity contribution in [2.24, 2.45) is 5.73 Å². The summed E-state index contributed by atoms with van der Waals surface area (Å²) in [6.45, 7) is 2.14. The number of nitrogens with zero attached hydrogens (tertiary/aromatic N) is 2. The molecule has 0 aromatic heterocycles. The lowest BCUT2D eigenvalue weighted by atomic mass is 9.89. The van der Waals surface area contributed by atoms with Crippen molar-refractivity contribution in [2.75, 3.05) is 20.1 Å². The molecular formula is C9H17N3. The van der Waals surface area contributed by atoms with Crippen LogP contribution in [0.3, 0.4) is 0 Å². The molecule has 1 unspecified atom stereocenters. The van der Waals surface area contributed by atoms with Crippen LogP contribution in [0.25, 0.3) is 0 Å². The van der Waals surface area contributed by atoms with Crippen molar-refractivity contribution in [3.63, 3.8) is 0 Å². The third-order valence-corrected chi connectivity index (χ3v) is 2.64. The van der Waals surface area contributed by atoms with Crippen LogP contribution in [0.1, 0.15) is 25.7 Å². The van der Waals surface area contributed by atoms with Gasteiger partial charge in [-0.15, -0.1) is 0 Å². The Hall–Kier alpha value is -0.590. The van der Waals surface area contributed by atoms with E-state index in [0.29, 0.717) is 6.42 Å². The van der Waals surface area contributed by atoms with Crippen LogP contribution in [0, 0.1) is 11.3 Å². The minimum Gasteiger partial charge on any atom is -0.324 e. The van der Waals surface area contributed by atoms with Crippen molar-refractivity contribution in [2.45, 2.75) is 31.2 Å². The highest BCUT2D eigenvalue weighted by molar-refractivity contribution is 4.94. The molecular weight excluding hydrogens is 150 g/mol. The first-order chi connectivity index (χ1) is 5.66. The van der Waals surface area contributed by atoms with Gasteiger partial charge in [-0.2, -0.15) is 5.26 Å². The minimum atomic E-state index is -0.209. The highest BCUT2D eigenvalue weighted by Gasteiger charge is 2.26. The first-order valence-corrected chi connectivity index (χ1v) is 4.51. The summed E-state index contributed by atoms with van der Waals surface area (Å²) in [6, 6.07) is 2.18. The van der Waals surface area contributed by atoms with Crippen molar-refractivity contribution in [1.82, 2.24) is 4.90 Å². The number of nitrogens with two attached hydrogens (primary N) is 1. The van der Waals surface area contributed by atoms with E-state index in [-0.39, 0.29) is 5.54 Å². The molecule has 1 rings (SSSR count). The van der Waals surface area contributed by atoms with Gasteiger partial charge in [0.1, 0.15) is 0 Å². The molecule has 1 aliphatic heterocycles. The molecule has 0 aromatic carbocycles. The van der Waals surface area contributed by atoms with Crippen molar-refractivity contribution in [3.8, 4) is 6.07 Å². The fourth-order valence-corrected chi connectivity index (χ4v) is 1.69. The fraction of sp³-hybridized carbons (Fsp3) is 0.889. The van der Waals surface area contributed by atoms with Gasteiger partial charge in [-0.1, -0.05) is 0 Å². The summed E-state index contributed by atoms with van der Waals surface area (Å²) in [5.41, 5.74) is 5.87. The Kier molecular flexibility index (Phi) is 3.07. The lowest BCUT2D eigenvalue weighted by molar-refractivity contribution is 0.329. The second-order valence-electron chi connectivity index (χ2n) is 3.85. The lowest BCUT2D eigenvalue weighted by Crippen LogP contribution is -2.40. The van der Waals surface area contributed by atoms with Crippen LogP contribution < -0.4 is 5.73 Å². The molecule has 1 saturated heterocycles. The molecule has 0 bridgehead atoms. The maximum absolute atomic E-state index is 8.60. The van der Waals surface area contributed by atoms with E-state index in [1.807, 2.05) is 0 Å². The van der Waals surface area contributed by atoms with E-state index in [4.69, 9.17) is 11.0 Å². The lowest BCUT2D eigenvalue weighted by Gasteiger charge is -2.24. The number of hydrogen-bond acceptors (Lipinski definition) is 3. The van der Waals surface area contributed by atoms with Crippen LogP contribution in [-0.2, 0) is 0 Å². The molecule has 2 N–H and O–H groups in total. The Morgan fingerprint density at radius 1 is 1.50 bits per heavy atom. The van der Waals surface area contributed by atoms with E-state index in [2.05, 4.69) is 18.0 Å². The van der Waals surface area contributed by atoms with E-state index in [9.17, 15) is 0 Å². The largest absolute Gasteiger partial charge is 0.324 e. The monoisotopic (exact) mass is 167 g/mol. The summed E-state index contributed by atoms with van der Waals surface area (Å²) >= 11 is 0. The van der Waals surface area contributed by atoms with Gasteiger partial charge in [0.25, 0.3) is 0 Å². The molecule has 0 amide bonds. The van der Waals surface area contributed by atoms with E-state index in [1.165, 1.54) is 0 Å². The molecule has 0 spiro atoms. The van der Waals surface area contributed by atoms with Crippen molar-refractivity contribution >= 4 is 0 Å². The summed E-state index contributed by atoms with van der Waals surface area (Å²) < 4.78 is 0. The molecule has 0 aliphatic carbocycles. The van der Waals surface area contributed by atoms with Crippen LogP contribution in [0.4, 0.5) is 0 Å². The molecule has 3 nitrogen and oxygen atoms in total. The van der Waals surface area contributed by atoms with Crippen molar-refractivity contribution < 1.29 is 0 Å². The highest BCUT2D eigenvalue weighted by Crippen LogP contribution is 2.21. The summed E-state index contributed by atoms with van der Waals surface area (Å²) in [7, 11) is 2.11. The molecule has 12 heavy (non-hydrogen) atoms. The SMILES string of the molecule is CN1CCCC(N)(CC#N)CC1. The van der Waals surface area contributed by atoms with Gasteiger partial charge in [-0.05, 0) is 39.4 Å². The fourth-order valence-electron chi connectivity index (χ4n) is 1.69. The van der Waals surface area contributed by atoms with Gasteiger partial charge >= 0.3 is 0 Å². The summed E-state index contributed by atoms with van der Waals surface area (Å²) in [5.74, 6) is 0. The van der Waals surface area contributed by atoms with E-state index in [0.717, 1.165) is 32.4 Å². The summed E-state index contributed by atoms with van der Waals surface area (Å²) in [6.07, 6.45) is 3.57. The van der Waals surface area contributed by atoms with Gasteiger partial charge in [-0.3, -0.25) is 0 Å². The smallest absolute Gasteiger partial charge is 0.0641 e. The van der Waals surface area contributed by atoms with Gasteiger partial charge in [0.2, 0.25) is 0 Å². The zero-order valence-electron chi connectivity index (χ0n) is 7.71. The predicted octanol–water partition coefficient (Wildman–Crippen LogP) is 0.713. The minimum absolute atomic E-state index is 0.209. The molecule has 1 atom stereocenters. The first-order valence-electron chi connectivity index (χ1n) is 4.51. The van der Waals surface area contributed by atoms with Crippen LogP contribution in [-0.4, -0.2) is 30.6 Å². The van der Waals surface area contributed by atoms with Gasteiger partial charge in [0.05, 0.1) is 12.5 Å². The zero-order chi connectivity index (χ0) is 9.03. The Morgan fingerprint density at radius 2 is 2.25 bits per heavy atom. The maximum atomic E-state index is 8.60. The highest BCUT2D eigenvalue weighted by atomic mass is 15.1. The molecule has 0 radical (unpaired) electrons. The third kappa shape index (κ3) is 2.47. The van der Waals surface area contributed by atoms with Crippen molar-refractivity contribution in [1.29, 1.82) is 5.26 Å². The second kappa shape index (κ2) is 3.88. The first kappa shape index (κ1) is 9.50. The summed E-state index contributed by atoms with van der Waals surface area (Å²) in [4.78, 5) is 2.28. The number of rotatable bonds is 1. The molecule has 1 fully saturated rings. The molecule has 3 heteroatoms. The second-order valence-corrected chi connectivity index (χ2v) is 3.85. The topological polar surface area (TPSA) is 53.0 Å². The van der Waals surface area contributed by atoms with E-state index < -0.39 is 0 Å². The number of nitriles is 1. The molecule has 1 aliphatic rings. The van der Waals surface area contributed by atoms with Gasteiger partial charge in [0.15, 0.2) is 0 Å². The van der Waals surface area contributed by atoms with Crippen molar-refractivity contribution in [3.05, 3.63) is 0 Å². The van der Waals surface area contributed by atoms with E-state index >= 15 is 0 Å². The van der Waals surface area contributed by atoms with Crippen LogP contribution in [0.15, 0.2) is 0 Å².